The summed E-state index contributed by atoms with van der Waals surface area (Å²) in [5, 5.41) is 0. The molecule has 0 aliphatic carbocycles. The molecule has 0 aliphatic rings. The number of rotatable bonds is 2. The van der Waals surface area contributed by atoms with Crippen LogP contribution in [0.25, 0.3) is 0 Å². The number of alkyl halides is 3. The van der Waals surface area contributed by atoms with Crippen molar-refractivity contribution >= 4 is 16.3 Å². The fourth-order valence-corrected chi connectivity index (χ4v) is 2.06. The van der Waals surface area contributed by atoms with Gasteiger partial charge in [0.15, 0.2) is 0 Å². The van der Waals surface area contributed by atoms with E-state index in [-0.39, 0.29) is 0 Å². The first-order valence-electron chi connectivity index (χ1n) is 2.26. The summed E-state index contributed by atoms with van der Waals surface area (Å²) in [6.07, 6.45) is 0. The Morgan fingerprint density at radius 1 is 1.42 bits per heavy atom. The normalized spacial score (nSPS) is 18.8. The molecule has 1 atom stereocenters. The predicted octanol–water partition coefficient (Wildman–Crippen LogP) is 0.668. The Morgan fingerprint density at radius 2 is 1.75 bits per heavy atom. The van der Waals surface area contributed by atoms with Gasteiger partial charge in [0, 0.05) is 7.11 Å². The SMILES string of the molecule is COP(=O)(O)S(=O)(=O)C(F)(F)F. The fraction of sp³-hybridized carbons (Fsp3) is 1.00. The van der Waals surface area contributed by atoms with Gasteiger partial charge in [-0.2, -0.15) is 13.2 Å². The van der Waals surface area contributed by atoms with Crippen LogP contribution in [0.1, 0.15) is 0 Å². The third-order valence-electron chi connectivity index (χ3n) is 0.827. The molecule has 0 saturated carbocycles. The molecule has 74 valence electrons. The van der Waals surface area contributed by atoms with Crippen LogP contribution in [0.4, 0.5) is 13.2 Å². The highest BCUT2D eigenvalue weighted by Gasteiger charge is 2.58. The zero-order valence-electron chi connectivity index (χ0n) is 5.57. The van der Waals surface area contributed by atoms with Gasteiger partial charge in [-0.1, -0.05) is 0 Å². The van der Waals surface area contributed by atoms with E-state index in [1.165, 1.54) is 0 Å². The van der Waals surface area contributed by atoms with Gasteiger partial charge in [-0.25, -0.2) is 13.0 Å². The first-order valence-corrected chi connectivity index (χ1v) is 5.93. The van der Waals surface area contributed by atoms with Crippen molar-refractivity contribution in [1.82, 2.24) is 0 Å². The quantitative estimate of drug-likeness (QED) is 0.702. The summed E-state index contributed by atoms with van der Waals surface area (Å²) in [6, 6.07) is 0. The van der Waals surface area contributed by atoms with Crippen molar-refractivity contribution in [3.8, 4) is 0 Å². The molecule has 12 heavy (non-hydrogen) atoms. The van der Waals surface area contributed by atoms with E-state index in [4.69, 9.17) is 4.89 Å². The summed E-state index contributed by atoms with van der Waals surface area (Å²) in [7, 11) is -5.74. The molecule has 1 N–H and O–H groups in total. The van der Waals surface area contributed by atoms with Crippen molar-refractivity contribution in [1.29, 1.82) is 0 Å². The number of hydrogen-bond donors (Lipinski definition) is 1. The average molecular weight is 228 g/mol. The first kappa shape index (κ1) is 11.9. The topological polar surface area (TPSA) is 80.7 Å². The van der Waals surface area contributed by atoms with Crippen LogP contribution in [-0.4, -0.2) is 25.9 Å². The molecule has 0 fully saturated rings. The van der Waals surface area contributed by atoms with Crippen LogP contribution in [-0.2, 0) is 18.5 Å². The zero-order valence-corrected chi connectivity index (χ0v) is 7.28. The second-order valence-electron chi connectivity index (χ2n) is 1.57. The third-order valence-corrected chi connectivity index (χ3v) is 5.37. The standard InChI is InChI=1S/C2H4F3O5PS/c1-10-11(6,7)12(8,9)2(3,4)5/h1H3,(H,6,7). The molecule has 0 radical (unpaired) electrons. The van der Waals surface area contributed by atoms with Gasteiger partial charge in [0.2, 0.25) is 0 Å². The second-order valence-corrected chi connectivity index (χ2v) is 7.11. The van der Waals surface area contributed by atoms with E-state index in [0.717, 1.165) is 0 Å². The van der Waals surface area contributed by atoms with Crippen LogP contribution < -0.4 is 0 Å². The predicted molar refractivity (Wildman–Crippen MR) is 31.8 cm³/mol. The molecule has 0 spiro atoms. The van der Waals surface area contributed by atoms with Gasteiger partial charge in [-0.15, -0.1) is 0 Å². The summed E-state index contributed by atoms with van der Waals surface area (Å²) in [6.45, 7) is -5.65. The summed E-state index contributed by atoms with van der Waals surface area (Å²) in [4.78, 5) is 8.21. The van der Waals surface area contributed by atoms with Crippen LogP contribution >= 0.6 is 6.80 Å². The molecule has 5 nitrogen and oxygen atoms in total. The van der Waals surface area contributed by atoms with Crippen molar-refractivity contribution in [2.75, 3.05) is 7.11 Å². The zero-order chi connectivity index (χ0) is 10.2. The molecule has 1 unspecified atom stereocenters. The Hall–Kier alpha value is -0.110. The lowest BCUT2D eigenvalue weighted by atomic mass is 11.6. The maximum absolute atomic E-state index is 11.5. The van der Waals surface area contributed by atoms with Crippen molar-refractivity contribution in [3.05, 3.63) is 0 Å². The van der Waals surface area contributed by atoms with Gasteiger partial charge in [-0.05, 0) is 0 Å². The van der Waals surface area contributed by atoms with Gasteiger partial charge in [0.05, 0.1) is 0 Å². The Bertz CT molecular complexity index is 303. The van der Waals surface area contributed by atoms with E-state index in [9.17, 15) is 26.2 Å². The van der Waals surface area contributed by atoms with Gasteiger partial charge in [0.1, 0.15) is 0 Å². The minimum absolute atomic E-state index is 0.393. The molecule has 0 aromatic carbocycles. The summed E-state index contributed by atoms with van der Waals surface area (Å²) in [5.74, 6) is 0. The van der Waals surface area contributed by atoms with Crippen molar-refractivity contribution in [2.24, 2.45) is 0 Å². The van der Waals surface area contributed by atoms with Gasteiger partial charge in [0.25, 0.3) is 0 Å². The Labute approximate surface area is 65.3 Å². The Morgan fingerprint density at radius 3 is 1.83 bits per heavy atom. The van der Waals surface area contributed by atoms with E-state index in [1.807, 2.05) is 0 Å². The number of halogens is 3. The van der Waals surface area contributed by atoms with E-state index in [1.54, 1.807) is 0 Å². The van der Waals surface area contributed by atoms with Gasteiger partial charge < -0.3 is 9.42 Å². The molecule has 0 bridgehead atoms. The summed E-state index contributed by atoms with van der Waals surface area (Å²) >= 11 is 0. The van der Waals surface area contributed by atoms with E-state index in [2.05, 4.69) is 4.52 Å². The van der Waals surface area contributed by atoms with E-state index < -0.39 is 21.8 Å². The van der Waals surface area contributed by atoms with Gasteiger partial charge in [-0.3, -0.25) is 0 Å². The maximum Gasteiger partial charge on any atom is 0.508 e. The lowest BCUT2D eigenvalue weighted by molar-refractivity contribution is -0.0419. The molecule has 0 aliphatic heterocycles. The third kappa shape index (κ3) is 1.79. The molecule has 0 aromatic heterocycles. The van der Waals surface area contributed by atoms with E-state index in [0.29, 0.717) is 7.11 Å². The Kier molecular flexibility index (Phi) is 2.96. The molecule has 0 saturated heterocycles. The van der Waals surface area contributed by atoms with Crippen LogP contribution in [0.5, 0.6) is 0 Å². The molecular weight excluding hydrogens is 224 g/mol. The molecule has 10 heteroatoms. The number of hydrogen-bond acceptors (Lipinski definition) is 4. The molecule has 0 rings (SSSR count). The highest BCUT2D eigenvalue weighted by atomic mass is 32.8. The second kappa shape index (κ2) is 2.99. The minimum atomic E-state index is -6.14. The largest absolute Gasteiger partial charge is 0.508 e. The monoisotopic (exact) mass is 228 g/mol. The van der Waals surface area contributed by atoms with Crippen molar-refractivity contribution in [2.45, 2.75) is 5.51 Å². The van der Waals surface area contributed by atoms with Crippen LogP contribution in [0, 0.1) is 0 Å². The first-order chi connectivity index (χ1) is 5.06. The highest BCUT2D eigenvalue weighted by Crippen LogP contribution is 2.55. The van der Waals surface area contributed by atoms with Crippen LogP contribution in [0.3, 0.4) is 0 Å². The maximum atomic E-state index is 11.5. The molecule has 0 amide bonds. The lowest BCUT2D eigenvalue weighted by Gasteiger charge is -2.11. The lowest BCUT2D eigenvalue weighted by Crippen LogP contribution is -2.23. The molecule has 0 heterocycles. The smallest absolute Gasteiger partial charge is 0.313 e. The van der Waals surface area contributed by atoms with Gasteiger partial charge >= 0.3 is 21.8 Å². The van der Waals surface area contributed by atoms with Crippen LogP contribution in [0.2, 0.25) is 0 Å². The molecule has 0 aromatic rings. The fourth-order valence-electron chi connectivity index (χ4n) is 0.229. The van der Waals surface area contributed by atoms with Crippen molar-refractivity contribution < 1.29 is 35.6 Å². The van der Waals surface area contributed by atoms with E-state index >= 15 is 0 Å². The summed E-state index contributed by atoms with van der Waals surface area (Å²) < 4.78 is 68.4. The molecular formula is C2H4F3O5PS. The average Bonchev–Trinajstić information content (AvgIpc) is 1.85. The Balaban J connectivity index is 5.32. The highest BCUT2D eigenvalue weighted by molar-refractivity contribution is 8.49. The minimum Gasteiger partial charge on any atom is -0.313 e. The summed E-state index contributed by atoms with van der Waals surface area (Å²) in [5.41, 5.74) is -5.78. The van der Waals surface area contributed by atoms with Crippen molar-refractivity contribution in [3.63, 3.8) is 0 Å². The van der Waals surface area contributed by atoms with Crippen LogP contribution in [0.15, 0.2) is 0 Å².